The fourth-order valence-corrected chi connectivity index (χ4v) is 7.31. The molecule has 0 aliphatic carbocycles. The number of piperidine rings is 1. The molecule has 2 aromatic carbocycles. The molecule has 0 bridgehead atoms. The first-order valence-corrected chi connectivity index (χ1v) is 15.1. The molecule has 220 valence electrons. The van der Waals surface area contributed by atoms with E-state index in [4.69, 9.17) is 4.74 Å². The highest BCUT2D eigenvalue weighted by molar-refractivity contribution is 5.96. The lowest BCUT2D eigenvalue weighted by Crippen LogP contribution is -2.46. The maximum atomic E-state index is 13.7. The number of methoxy groups -OCH3 is 1. The molecule has 8 nitrogen and oxygen atoms in total. The fraction of sp³-hybridized carbons (Fsp3) is 0.471. The molecule has 1 aromatic heterocycles. The van der Waals surface area contributed by atoms with Crippen molar-refractivity contribution < 1.29 is 14.3 Å². The summed E-state index contributed by atoms with van der Waals surface area (Å²) in [6.07, 6.45) is 4.26. The number of hydrogen-bond acceptors (Lipinski definition) is 6. The highest BCUT2D eigenvalue weighted by atomic mass is 16.5. The largest absolute Gasteiger partial charge is 0.497 e. The molecule has 2 amide bonds. The van der Waals surface area contributed by atoms with Gasteiger partial charge < -0.3 is 19.4 Å². The number of ether oxygens (including phenoxy) is 1. The van der Waals surface area contributed by atoms with Crippen LogP contribution in [0.3, 0.4) is 0 Å². The zero-order valence-electron chi connectivity index (χ0n) is 25.0. The molecule has 3 fully saturated rings. The highest BCUT2D eigenvalue weighted by Gasteiger charge is 2.48. The second kappa shape index (κ2) is 11.8. The van der Waals surface area contributed by atoms with E-state index in [2.05, 4.69) is 39.1 Å². The SMILES string of the molecule is COc1ccc(CN2CCC3(CCN(C[C@H]4CN(C(=O)c5c(C)ncnc5C)C[C@@H]4c4ccccc4)CC3)C2=O)cc1. The maximum Gasteiger partial charge on any atom is 0.257 e. The first-order valence-electron chi connectivity index (χ1n) is 15.1. The van der Waals surface area contributed by atoms with E-state index in [0.717, 1.165) is 68.1 Å². The van der Waals surface area contributed by atoms with Crippen LogP contribution in [0, 0.1) is 25.2 Å². The van der Waals surface area contributed by atoms with Crippen molar-refractivity contribution in [1.29, 1.82) is 0 Å². The summed E-state index contributed by atoms with van der Waals surface area (Å²) in [4.78, 5) is 42.5. The molecule has 3 aromatic rings. The number of benzene rings is 2. The van der Waals surface area contributed by atoms with Crippen molar-refractivity contribution in [2.24, 2.45) is 11.3 Å². The quantitative estimate of drug-likeness (QED) is 0.419. The van der Waals surface area contributed by atoms with Gasteiger partial charge in [0.05, 0.1) is 29.5 Å². The van der Waals surface area contributed by atoms with Gasteiger partial charge in [-0.1, -0.05) is 42.5 Å². The van der Waals surface area contributed by atoms with Crippen molar-refractivity contribution in [3.05, 3.63) is 89.0 Å². The lowest BCUT2D eigenvalue weighted by Gasteiger charge is -2.39. The van der Waals surface area contributed by atoms with E-state index in [9.17, 15) is 9.59 Å². The van der Waals surface area contributed by atoms with Gasteiger partial charge in [-0.2, -0.15) is 0 Å². The third-order valence-corrected chi connectivity index (χ3v) is 9.84. The summed E-state index contributed by atoms with van der Waals surface area (Å²) < 4.78 is 5.28. The van der Waals surface area contributed by atoms with Crippen molar-refractivity contribution in [1.82, 2.24) is 24.7 Å². The van der Waals surface area contributed by atoms with E-state index < -0.39 is 0 Å². The van der Waals surface area contributed by atoms with Crippen molar-refractivity contribution in [2.75, 3.05) is 46.4 Å². The molecular weight excluding hydrogens is 526 g/mol. The van der Waals surface area contributed by atoms with E-state index in [0.29, 0.717) is 37.0 Å². The molecule has 3 saturated heterocycles. The van der Waals surface area contributed by atoms with Crippen LogP contribution in [-0.4, -0.2) is 82.9 Å². The Morgan fingerprint density at radius 1 is 0.929 bits per heavy atom. The summed E-state index contributed by atoms with van der Waals surface area (Å²) in [5.74, 6) is 1.76. The Labute approximate surface area is 248 Å². The first kappa shape index (κ1) is 28.3. The van der Waals surface area contributed by atoms with E-state index in [-0.39, 0.29) is 17.2 Å². The van der Waals surface area contributed by atoms with Crippen LogP contribution in [0.25, 0.3) is 0 Å². The minimum atomic E-state index is -0.234. The monoisotopic (exact) mass is 567 g/mol. The normalized spacial score (nSPS) is 22.2. The Kier molecular flexibility index (Phi) is 7.99. The van der Waals surface area contributed by atoms with E-state index in [1.807, 2.05) is 54.0 Å². The second-order valence-corrected chi connectivity index (χ2v) is 12.3. The van der Waals surface area contributed by atoms with Gasteiger partial charge in [-0.05, 0) is 75.4 Å². The van der Waals surface area contributed by atoms with Gasteiger partial charge in [0.15, 0.2) is 0 Å². The summed E-state index contributed by atoms with van der Waals surface area (Å²) in [5.41, 5.74) is 4.28. The van der Waals surface area contributed by atoms with Crippen molar-refractivity contribution in [2.45, 2.75) is 45.6 Å². The number of aryl methyl sites for hydroxylation is 2. The summed E-state index contributed by atoms with van der Waals surface area (Å²) in [7, 11) is 1.67. The number of likely N-dealkylation sites (tertiary alicyclic amines) is 3. The second-order valence-electron chi connectivity index (χ2n) is 12.3. The lowest BCUT2D eigenvalue weighted by molar-refractivity contribution is -0.139. The van der Waals surface area contributed by atoms with Crippen LogP contribution in [-0.2, 0) is 11.3 Å². The number of aromatic nitrogens is 2. The van der Waals surface area contributed by atoms with Gasteiger partial charge >= 0.3 is 0 Å². The summed E-state index contributed by atoms with van der Waals surface area (Å²) in [5, 5.41) is 0. The minimum Gasteiger partial charge on any atom is -0.497 e. The number of nitrogens with zero attached hydrogens (tertiary/aromatic N) is 5. The highest BCUT2D eigenvalue weighted by Crippen LogP contribution is 2.43. The van der Waals surface area contributed by atoms with Crippen LogP contribution in [0.4, 0.5) is 0 Å². The molecule has 4 heterocycles. The average molecular weight is 568 g/mol. The van der Waals surface area contributed by atoms with Gasteiger partial charge in [0.25, 0.3) is 5.91 Å². The Morgan fingerprint density at radius 2 is 1.60 bits per heavy atom. The molecule has 0 saturated carbocycles. The summed E-state index contributed by atoms with van der Waals surface area (Å²) >= 11 is 0. The van der Waals surface area contributed by atoms with E-state index in [1.54, 1.807) is 7.11 Å². The predicted molar refractivity (Wildman–Crippen MR) is 161 cm³/mol. The van der Waals surface area contributed by atoms with Gasteiger partial charge in [0.1, 0.15) is 12.1 Å². The van der Waals surface area contributed by atoms with Gasteiger partial charge in [-0.15, -0.1) is 0 Å². The molecule has 2 atom stereocenters. The number of carbonyl (C=O) groups excluding carboxylic acids is 2. The lowest BCUT2D eigenvalue weighted by atomic mass is 9.76. The van der Waals surface area contributed by atoms with Crippen LogP contribution in [0.5, 0.6) is 5.75 Å². The van der Waals surface area contributed by atoms with Crippen molar-refractivity contribution in [3.63, 3.8) is 0 Å². The molecule has 8 heteroatoms. The molecule has 0 unspecified atom stereocenters. The Hall–Kier alpha value is -3.78. The third-order valence-electron chi connectivity index (χ3n) is 9.84. The Morgan fingerprint density at radius 3 is 2.26 bits per heavy atom. The molecule has 42 heavy (non-hydrogen) atoms. The molecule has 1 spiro atoms. The molecular formula is C34H41N5O3. The van der Waals surface area contributed by atoms with Gasteiger partial charge in [-0.25, -0.2) is 9.97 Å². The summed E-state index contributed by atoms with van der Waals surface area (Å²) in [6, 6.07) is 18.6. The molecule has 3 aliphatic heterocycles. The van der Waals surface area contributed by atoms with Gasteiger partial charge in [0.2, 0.25) is 5.91 Å². The van der Waals surface area contributed by atoms with Crippen LogP contribution >= 0.6 is 0 Å². The maximum absolute atomic E-state index is 13.7. The van der Waals surface area contributed by atoms with Crippen LogP contribution in [0.15, 0.2) is 60.9 Å². The van der Waals surface area contributed by atoms with Gasteiger partial charge in [-0.3, -0.25) is 9.59 Å². The topological polar surface area (TPSA) is 78.9 Å². The van der Waals surface area contributed by atoms with Crippen LogP contribution in [0.1, 0.15) is 58.1 Å². The smallest absolute Gasteiger partial charge is 0.257 e. The molecule has 3 aliphatic rings. The zero-order valence-corrected chi connectivity index (χ0v) is 25.0. The standard InChI is InChI=1S/C34H41N5O3/c1-24-31(25(2)36-23-35-24)32(40)39-21-28(30(22-39)27-7-5-4-6-8-27)20-37-16-13-34(14-17-37)15-18-38(33(34)41)19-26-9-11-29(42-3)12-10-26/h4-12,23,28,30H,13-22H2,1-3H3/t28-,30+/m0/s1. The van der Waals surface area contributed by atoms with Crippen molar-refractivity contribution in [3.8, 4) is 5.75 Å². The molecule has 0 radical (unpaired) electrons. The van der Waals surface area contributed by atoms with E-state index in [1.165, 1.54) is 11.9 Å². The Bertz CT molecular complexity index is 1400. The predicted octanol–water partition coefficient (Wildman–Crippen LogP) is 4.47. The number of carbonyl (C=O) groups is 2. The zero-order chi connectivity index (χ0) is 29.3. The number of rotatable bonds is 7. The third kappa shape index (κ3) is 5.52. The molecule has 6 rings (SSSR count). The minimum absolute atomic E-state index is 0.0279. The van der Waals surface area contributed by atoms with Gasteiger partial charge in [0, 0.05) is 38.6 Å². The summed E-state index contributed by atoms with van der Waals surface area (Å²) in [6.45, 7) is 9.41. The van der Waals surface area contributed by atoms with Crippen LogP contribution in [0.2, 0.25) is 0 Å². The van der Waals surface area contributed by atoms with Crippen molar-refractivity contribution >= 4 is 11.8 Å². The van der Waals surface area contributed by atoms with Crippen LogP contribution < -0.4 is 4.74 Å². The number of amides is 2. The average Bonchev–Trinajstić information content (AvgIpc) is 3.56. The fourth-order valence-electron chi connectivity index (χ4n) is 7.31. The number of hydrogen-bond donors (Lipinski definition) is 0. The van der Waals surface area contributed by atoms with E-state index >= 15 is 0 Å². The first-order chi connectivity index (χ1) is 20.4. The molecule has 0 N–H and O–H groups in total. The Balaban J connectivity index is 1.11.